The van der Waals surface area contributed by atoms with Gasteiger partial charge in [0.1, 0.15) is 11.5 Å². The van der Waals surface area contributed by atoms with Gasteiger partial charge < -0.3 is 19.6 Å². The van der Waals surface area contributed by atoms with Gasteiger partial charge in [0.25, 0.3) is 0 Å². The fourth-order valence-electron chi connectivity index (χ4n) is 1.79. The van der Waals surface area contributed by atoms with Crippen molar-refractivity contribution in [2.24, 2.45) is 0 Å². The van der Waals surface area contributed by atoms with Crippen LogP contribution in [0.2, 0.25) is 0 Å². The van der Waals surface area contributed by atoms with Gasteiger partial charge in [-0.15, -0.1) is 0 Å². The Balaban J connectivity index is 2.02. The van der Waals surface area contributed by atoms with Crippen LogP contribution in [0.3, 0.4) is 0 Å². The van der Waals surface area contributed by atoms with Crippen LogP contribution in [0.4, 0.5) is 0 Å². The fraction of sp³-hybridized carbons (Fsp3) is 0.286. The zero-order valence-electron chi connectivity index (χ0n) is 10.5. The second-order valence-electron chi connectivity index (χ2n) is 4.16. The van der Waals surface area contributed by atoms with Gasteiger partial charge in [0.05, 0.1) is 19.6 Å². The monoisotopic (exact) mass is 247 g/mol. The molecule has 0 aliphatic heterocycles. The summed E-state index contributed by atoms with van der Waals surface area (Å²) in [6, 6.07) is 7.27. The number of phenols is 1. The highest BCUT2D eigenvalue weighted by Crippen LogP contribution is 2.28. The van der Waals surface area contributed by atoms with E-state index in [4.69, 9.17) is 9.15 Å². The number of hydrogen-bond donors (Lipinski definition) is 2. The molecule has 0 aliphatic carbocycles. The summed E-state index contributed by atoms with van der Waals surface area (Å²) >= 11 is 0. The summed E-state index contributed by atoms with van der Waals surface area (Å²) in [6.45, 7) is 2.70. The molecule has 0 radical (unpaired) electrons. The van der Waals surface area contributed by atoms with Gasteiger partial charge in [0.2, 0.25) is 0 Å². The highest BCUT2D eigenvalue weighted by atomic mass is 16.5. The zero-order chi connectivity index (χ0) is 13.0. The summed E-state index contributed by atoms with van der Waals surface area (Å²) in [7, 11) is 1.58. The number of ether oxygens (including phenoxy) is 1. The van der Waals surface area contributed by atoms with E-state index in [9.17, 15) is 5.11 Å². The van der Waals surface area contributed by atoms with Crippen molar-refractivity contribution in [3.05, 3.63) is 47.9 Å². The molecule has 1 unspecified atom stereocenters. The van der Waals surface area contributed by atoms with Crippen molar-refractivity contribution in [1.82, 2.24) is 5.32 Å². The molecule has 2 rings (SSSR count). The van der Waals surface area contributed by atoms with Crippen LogP contribution in [-0.2, 0) is 6.54 Å². The van der Waals surface area contributed by atoms with Crippen LogP contribution >= 0.6 is 0 Å². The lowest BCUT2D eigenvalue weighted by molar-refractivity contribution is 0.404. The topological polar surface area (TPSA) is 54.6 Å². The first kappa shape index (κ1) is 12.5. The summed E-state index contributed by atoms with van der Waals surface area (Å²) < 4.78 is 10.1. The predicted molar refractivity (Wildman–Crippen MR) is 68.6 cm³/mol. The van der Waals surface area contributed by atoms with Crippen LogP contribution in [-0.4, -0.2) is 12.2 Å². The molecular weight excluding hydrogens is 230 g/mol. The Hall–Kier alpha value is -1.94. The van der Waals surface area contributed by atoms with E-state index in [1.165, 1.54) is 0 Å². The zero-order valence-corrected chi connectivity index (χ0v) is 10.5. The van der Waals surface area contributed by atoms with Crippen molar-refractivity contribution < 1.29 is 14.3 Å². The van der Waals surface area contributed by atoms with E-state index in [1.54, 1.807) is 25.7 Å². The lowest BCUT2D eigenvalue weighted by atomic mass is 10.1. The maximum atomic E-state index is 9.91. The third kappa shape index (κ3) is 2.84. The number of benzene rings is 1. The van der Waals surface area contributed by atoms with Gasteiger partial charge in [-0.2, -0.15) is 0 Å². The summed E-state index contributed by atoms with van der Waals surface area (Å²) in [6.07, 6.45) is 3.35. The molecule has 0 saturated heterocycles. The lowest BCUT2D eigenvalue weighted by Crippen LogP contribution is -2.17. The van der Waals surface area contributed by atoms with Crippen molar-refractivity contribution in [2.45, 2.75) is 19.5 Å². The Morgan fingerprint density at radius 3 is 2.83 bits per heavy atom. The van der Waals surface area contributed by atoms with E-state index in [-0.39, 0.29) is 11.8 Å². The number of furan rings is 1. The molecule has 0 amide bonds. The first-order valence-corrected chi connectivity index (χ1v) is 5.82. The van der Waals surface area contributed by atoms with Gasteiger partial charge in [-0.25, -0.2) is 0 Å². The molecule has 2 aromatic rings. The Morgan fingerprint density at radius 2 is 2.22 bits per heavy atom. The van der Waals surface area contributed by atoms with Gasteiger partial charge in [0.15, 0.2) is 0 Å². The minimum absolute atomic E-state index is 0.0470. The predicted octanol–water partition coefficient (Wildman–Crippen LogP) is 2.84. The summed E-state index contributed by atoms with van der Waals surface area (Å²) in [5.74, 6) is 0.889. The normalized spacial score (nSPS) is 12.3. The Morgan fingerprint density at radius 1 is 1.39 bits per heavy atom. The van der Waals surface area contributed by atoms with Crippen molar-refractivity contribution in [1.29, 1.82) is 0 Å². The smallest absolute Gasteiger partial charge is 0.124 e. The van der Waals surface area contributed by atoms with Gasteiger partial charge >= 0.3 is 0 Å². The highest BCUT2D eigenvalue weighted by Gasteiger charge is 2.10. The maximum Gasteiger partial charge on any atom is 0.124 e. The van der Waals surface area contributed by atoms with E-state index in [2.05, 4.69) is 5.32 Å². The van der Waals surface area contributed by atoms with E-state index in [1.807, 2.05) is 25.1 Å². The van der Waals surface area contributed by atoms with Crippen LogP contribution in [0.1, 0.15) is 24.1 Å². The van der Waals surface area contributed by atoms with Crippen molar-refractivity contribution in [2.75, 3.05) is 7.11 Å². The Bertz CT molecular complexity index is 494. The minimum Gasteiger partial charge on any atom is -0.507 e. The van der Waals surface area contributed by atoms with Crippen LogP contribution in [0.5, 0.6) is 11.5 Å². The molecule has 0 saturated carbocycles. The molecule has 2 N–H and O–H groups in total. The van der Waals surface area contributed by atoms with E-state index in [0.29, 0.717) is 12.3 Å². The van der Waals surface area contributed by atoms with Gasteiger partial charge in [0, 0.05) is 29.8 Å². The summed E-state index contributed by atoms with van der Waals surface area (Å²) in [4.78, 5) is 0. The number of phenolic OH excluding ortho intramolecular Hbond substituents is 1. The number of aromatic hydroxyl groups is 1. The van der Waals surface area contributed by atoms with Crippen LogP contribution in [0.15, 0.2) is 41.2 Å². The first-order chi connectivity index (χ1) is 8.70. The largest absolute Gasteiger partial charge is 0.507 e. The maximum absolute atomic E-state index is 9.91. The molecule has 18 heavy (non-hydrogen) atoms. The van der Waals surface area contributed by atoms with Crippen molar-refractivity contribution >= 4 is 0 Å². The molecule has 0 aliphatic rings. The molecule has 0 spiro atoms. The van der Waals surface area contributed by atoms with Crippen molar-refractivity contribution in [3.8, 4) is 11.5 Å². The molecule has 1 heterocycles. The van der Waals surface area contributed by atoms with E-state index >= 15 is 0 Å². The number of hydrogen-bond acceptors (Lipinski definition) is 4. The Kier molecular flexibility index (Phi) is 3.89. The molecule has 4 heteroatoms. The molecule has 1 atom stereocenters. The molecule has 1 aromatic heterocycles. The lowest BCUT2D eigenvalue weighted by Gasteiger charge is -2.15. The molecular formula is C14H17NO3. The van der Waals surface area contributed by atoms with Crippen molar-refractivity contribution in [3.63, 3.8) is 0 Å². The van der Waals surface area contributed by atoms with E-state index in [0.717, 1.165) is 11.1 Å². The Labute approximate surface area is 106 Å². The van der Waals surface area contributed by atoms with Crippen LogP contribution in [0, 0.1) is 0 Å². The molecule has 0 bridgehead atoms. The summed E-state index contributed by atoms with van der Waals surface area (Å²) in [5, 5.41) is 13.2. The second kappa shape index (κ2) is 5.60. The highest BCUT2D eigenvalue weighted by molar-refractivity contribution is 5.41. The average molecular weight is 247 g/mol. The van der Waals surface area contributed by atoms with E-state index < -0.39 is 0 Å². The third-order valence-electron chi connectivity index (χ3n) is 2.90. The molecule has 96 valence electrons. The molecule has 1 aromatic carbocycles. The summed E-state index contributed by atoms with van der Waals surface area (Å²) in [5.41, 5.74) is 1.93. The number of nitrogens with one attached hydrogen (secondary N) is 1. The number of rotatable bonds is 5. The quantitative estimate of drug-likeness (QED) is 0.853. The minimum atomic E-state index is 0.0470. The standard InChI is InChI=1S/C14H17NO3/c1-10(15-8-11-5-6-18-9-11)13-4-3-12(17-2)7-14(13)16/h3-7,9-10,15-16H,8H2,1-2H3. The van der Waals surface area contributed by atoms with Gasteiger partial charge in [-0.3, -0.25) is 0 Å². The SMILES string of the molecule is COc1ccc(C(C)NCc2ccoc2)c(O)c1. The second-order valence-corrected chi connectivity index (χ2v) is 4.16. The molecule has 4 nitrogen and oxygen atoms in total. The molecule has 0 fully saturated rings. The third-order valence-corrected chi connectivity index (χ3v) is 2.90. The van der Waals surface area contributed by atoms with Gasteiger partial charge in [-0.1, -0.05) is 6.07 Å². The fourth-order valence-corrected chi connectivity index (χ4v) is 1.79. The van der Waals surface area contributed by atoms with Crippen LogP contribution < -0.4 is 10.1 Å². The van der Waals surface area contributed by atoms with Crippen LogP contribution in [0.25, 0.3) is 0 Å². The average Bonchev–Trinajstić information content (AvgIpc) is 2.88. The first-order valence-electron chi connectivity index (χ1n) is 5.82. The van der Waals surface area contributed by atoms with Gasteiger partial charge in [-0.05, 0) is 19.1 Å². The number of methoxy groups -OCH3 is 1.